The number of benzene rings is 1. The van der Waals surface area contributed by atoms with E-state index in [0.29, 0.717) is 6.04 Å². The topological polar surface area (TPSA) is 21.3 Å². The quantitative estimate of drug-likeness (QED) is 0.731. The number of hydrogen-bond donors (Lipinski definition) is 1. The second-order valence-electron chi connectivity index (χ2n) is 5.78. The second-order valence-corrected chi connectivity index (χ2v) is 5.78. The van der Waals surface area contributed by atoms with E-state index in [1.165, 1.54) is 18.4 Å². The Morgan fingerprint density at radius 2 is 1.84 bits per heavy atom. The first-order valence-electron chi connectivity index (χ1n) is 7.40. The number of ether oxygens (including phenoxy) is 1. The van der Waals surface area contributed by atoms with E-state index in [2.05, 4.69) is 56.4 Å². The maximum absolute atomic E-state index is 5.50. The van der Waals surface area contributed by atoms with Gasteiger partial charge in [-0.25, -0.2) is 0 Å². The summed E-state index contributed by atoms with van der Waals surface area (Å²) in [4.78, 5) is 0. The van der Waals surface area contributed by atoms with E-state index < -0.39 is 0 Å². The van der Waals surface area contributed by atoms with Crippen molar-refractivity contribution in [2.24, 2.45) is 0 Å². The first kappa shape index (κ1) is 16.2. The summed E-state index contributed by atoms with van der Waals surface area (Å²) < 4.78 is 5.50. The van der Waals surface area contributed by atoms with Crippen LogP contribution in [-0.2, 0) is 11.2 Å². The average Bonchev–Trinajstić information content (AvgIpc) is 2.43. The van der Waals surface area contributed by atoms with Gasteiger partial charge in [-0.15, -0.1) is 0 Å². The van der Waals surface area contributed by atoms with Gasteiger partial charge in [-0.1, -0.05) is 37.3 Å². The number of methoxy groups -OCH3 is 1. The smallest absolute Gasteiger partial charge is 0.0623 e. The molecule has 1 unspecified atom stereocenters. The summed E-state index contributed by atoms with van der Waals surface area (Å²) in [6, 6.07) is 11.3. The van der Waals surface area contributed by atoms with Gasteiger partial charge in [0.05, 0.1) is 5.60 Å². The lowest BCUT2D eigenvalue weighted by atomic mass is 9.95. The summed E-state index contributed by atoms with van der Waals surface area (Å²) >= 11 is 0. The predicted molar refractivity (Wildman–Crippen MR) is 82.5 cm³/mol. The van der Waals surface area contributed by atoms with Crippen molar-refractivity contribution in [3.63, 3.8) is 0 Å². The molecule has 1 aromatic carbocycles. The monoisotopic (exact) mass is 263 g/mol. The summed E-state index contributed by atoms with van der Waals surface area (Å²) in [5.74, 6) is 0. The third kappa shape index (κ3) is 6.74. The highest BCUT2D eigenvalue weighted by Crippen LogP contribution is 2.18. The molecule has 0 saturated heterocycles. The van der Waals surface area contributed by atoms with Gasteiger partial charge >= 0.3 is 0 Å². The van der Waals surface area contributed by atoms with Crippen LogP contribution in [0.25, 0.3) is 0 Å². The van der Waals surface area contributed by atoms with Crippen LogP contribution < -0.4 is 5.32 Å². The highest BCUT2D eigenvalue weighted by Gasteiger charge is 2.18. The molecule has 1 aromatic rings. The molecule has 0 aromatic heterocycles. The van der Waals surface area contributed by atoms with E-state index in [9.17, 15) is 0 Å². The van der Waals surface area contributed by atoms with Crippen molar-refractivity contribution in [3.05, 3.63) is 35.9 Å². The first-order chi connectivity index (χ1) is 9.07. The van der Waals surface area contributed by atoms with Crippen molar-refractivity contribution in [2.45, 2.75) is 58.1 Å². The van der Waals surface area contributed by atoms with Crippen LogP contribution in [-0.4, -0.2) is 25.3 Å². The molecule has 1 atom stereocenters. The van der Waals surface area contributed by atoms with Crippen LogP contribution in [0.15, 0.2) is 30.3 Å². The van der Waals surface area contributed by atoms with Crippen LogP contribution in [0.3, 0.4) is 0 Å². The fourth-order valence-corrected chi connectivity index (χ4v) is 2.25. The van der Waals surface area contributed by atoms with Gasteiger partial charge < -0.3 is 10.1 Å². The van der Waals surface area contributed by atoms with E-state index in [0.717, 1.165) is 19.4 Å². The van der Waals surface area contributed by atoms with Gasteiger partial charge in [0, 0.05) is 13.2 Å². The molecule has 0 heterocycles. The molecule has 108 valence electrons. The number of aryl methyl sites for hydroxylation is 1. The van der Waals surface area contributed by atoms with Crippen molar-refractivity contribution >= 4 is 0 Å². The molecule has 0 amide bonds. The highest BCUT2D eigenvalue weighted by molar-refractivity contribution is 5.14. The number of hydrogen-bond acceptors (Lipinski definition) is 2. The lowest BCUT2D eigenvalue weighted by Gasteiger charge is -2.26. The van der Waals surface area contributed by atoms with Crippen molar-refractivity contribution < 1.29 is 4.74 Å². The minimum atomic E-state index is -0.0135. The first-order valence-corrected chi connectivity index (χ1v) is 7.40. The Hall–Kier alpha value is -0.860. The van der Waals surface area contributed by atoms with Crippen LogP contribution in [0.4, 0.5) is 0 Å². The van der Waals surface area contributed by atoms with Gasteiger partial charge in [-0.05, 0) is 51.6 Å². The second kappa shape index (κ2) is 8.34. The molecule has 0 aliphatic heterocycles. The minimum absolute atomic E-state index is 0.0135. The van der Waals surface area contributed by atoms with E-state index in [4.69, 9.17) is 4.74 Å². The molecule has 0 spiro atoms. The van der Waals surface area contributed by atoms with Crippen LogP contribution in [0.5, 0.6) is 0 Å². The molecule has 0 aliphatic rings. The minimum Gasteiger partial charge on any atom is -0.379 e. The molecule has 1 N–H and O–H groups in total. The normalized spacial score (nSPS) is 13.5. The molecule has 0 saturated carbocycles. The molecule has 0 fully saturated rings. The van der Waals surface area contributed by atoms with E-state index in [-0.39, 0.29) is 5.60 Å². The van der Waals surface area contributed by atoms with Crippen LogP contribution in [0, 0.1) is 0 Å². The summed E-state index contributed by atoms with van der Waals surface area (Å²) in [5.41, 5.74) is 1.41. The van der Waals surface area contributed by atoms with E-state index in [1.54, 1.807) is 7.11 Å². The third-order valence-corrected chi connectivity index (χ3v) is 3.76. The lowest BCUT2D eigenvalue weighted by Crippen LogP contribution is -2.33. The summed E-state index contributed by atoms with van der Waals surface area (Å²) in [5, 5.41) is 3.59. The highest BCUT2D eigenvalue weighted by atomic mass is 16.5. The molecule has 1 rings (SSSR count). The SMILES string of the molecule is CCNC(CCc1ccccc1)CCC(C)(C)OC. The Balaban J connectivity index is 2.40. The summed E-state index contributed by atoms with van der Waals surface area (Å²) in [6.07, 6.45) is 4.60. The predicted octanol–water partition coefficient (Wildman–Crippen LogP) is 3.80. The van der Waals surface area contributed by atoms with Crippen LogP contribution in [0.2, 0.25) is 0 Å². The Morgan fingerprint density at radius 3 is 2.42 bits per heavy atom. The van der Waals surface area contributed by atoms with E-state index >= 15 is 0 Å². The van der Waals surface area contributed by atoms with Gasteiger partial charge in [0.1, 0.15) is 0 Å². The Labute approximate surface area is 118 Å². The molecule has 0 aliphatic carbocycles. The Morgan fingerprint density at radius 1 is 1.16 bits per heavy atom. The molecule has 19 heavy (non-hydrogen) atoms. The van der Waals surface area contributed by atoms with Gasteiger partial charge in [0.25, 0.3) is 0 Å². The average molecular weight is 263 g/mol. The van der Waals surface area contributed by atoms with Crippen molar-refractivity contribution in [2.75, 3.05) is 13.7 Å². The zero-order valence-electron chi connectivity index (χ0n) is 12.9. The zero-order chi connectivity index (χ0) is 14.1. The van der Waals surface area contributed by atoms with Gasteiger partial charge in [-0.2, -0.15) is 0 Å². The lowest BCUT2D eigenvalue weighted by molar-refractivity contribution is 0.0116. The van der Waals surface area contributed by atoms with Crippen molar-refractivity contribution in [1.82, 2.24) is 5.32 Å². The van der Waals surface area contributed by atoms with Crippen LogP contribution in [0.1, 0.15) is 45.6 Å². The summed E-state index contributed by atoms with van der Waals surface area (Å²) in [6.45, 7) is 7.53. The van der Waals surface area contributed by atoms with E-state index in [1.807, 2.05) is 0 Å². The summed E-state index contributed by atoms with van der Waals surface area (Å²) in [7, 11) is 1.80. The van der Waals surface area contributed by atoms with Crippen LogP contribution >= 0.6 is 0 Å². The van der Waals surface area contributed by atoms with Crippen molar-refractivity contribution in [3.8, 4) is 0 Å². The van der Waals surface area contributed by atoms with Gasteiger partial charge in [-0.3, -0.25) is 0 Å². The van der Waals surface area contributed by atoms with Gasteiger partial charge in [0.2, 0.25) is 0 Å². The standard InChI is InChI=1S/C17H29NO/c1-5-18-16(13-14-17(2,3)19-4)12-11-15-9-7-6-8-10-15/h6-10,16,18H,5,11-14H2,1-4H3. The zero-order valence-corrected chi connectivity index (χ0v) is 12.9. The number of rotatable bonds is 9. The molecular weight excluding hydrogens is 234 g/mol. The largest absolute Gasteiger partial charge is 0.379 e. The molecule has 0 radical (unpaired) electrons. The molecule has 0 bridgehead atoms. The maximum Gasteiger partial charge on any atom is 0.0623 e. The third-order valence-electron chi connectivity index (χ3n) is 3.76. The van der Waals surface area contributed by atoms with Crippen molar-refractivity contribution in [1.29, 1.82) is 0 Å². The molecule has 2 nitrogen and oxygen atoms in total. The maximum atomic E-state index is 5.50. The molecule has 2 heteroatoms. The fourth-order valence-electron chi connectivity index (χ4n) is 2.25. The Bertz CT molecular complexity index is 334. The fraction of sp³-hybridized carbons (Fsp3) is 0.647. The van der Waals surface area contributed by atoms with Gasteiger partial charge in [0.15, 0.2) is 0 Å². The Kier molecular flexibility index (Phi) is 7.11. The molecular formula is C17H29NO. The number of nitrogens with one attached hydrogen (secondary N) is 1.